The Kier molecular flexibility index (Phi) is 3.78. The van der Waals surface area contributed by atoms with Crippen LogP contribution in [0.1, 0.15) is 43.8 Å². The first-order valence-corrected chi connectivity index (χ1v) is 7.89. The van der Waals surface area contributed by atoms with Crippen LogP contribution in [0.15, 0.2) is 22.9 Å². The molecule has 0 aliphatic heterocycles. The van der Waals surface area contributed by atoms with Crippen molar-refractivity contribution in [3.05, 3.63) is 28.8 Å². The maximum atomic E-state index is 6.25. The van der Waals surface area contributed by atoms with E-state index in [1.807, 2.05) is 23.9 Å². The highest BCUT2D eigenvalue weighted by Crippen LogP contribution is 2.35. The minimum absolute atomic E-state index is 0.546. The maximum absolute atomic E-state index is 6.25. The molecule has 0 amide bonds. The molecular weight excluding hydrogens is 316 g/mol. The number of pyridine rings is 1. The molecule has 1 saturated carbocycles. The van der Waals surface area contributed by atoms with Crippen LogP contribution in [0.2, 0.25) is 0 Å². The van der Waals surface area contributed by atoms with Gasteiger partial charge >= 0.3 is 0 Å². The number of hydrogen-bond donors (Lipinski definition) is 1. The third kappa shape index (κ3) is 2.46. The average Bonchev–Trinajstić information content (AvgIpc) is 2.76. The Balaban J connectivity index is 2.01. The van der Waals surface area contributed by atoms with E-state index in [1.54, 1.807) is 6.20 Å². The number of nitrogen functional groups attached to an aromatic ring is 1. The van der Waals surface area contributed by atoms with Gasteiger partial charge < -0.3 is 10.3 Å². The smallest absolute Gasteiger partial charge is 0.131 e. The van der Waals surface area contributed by atoms with Crippen molar-refractivity contribution >= 4 is 21.7 Å². The predicted molar refractivity (Wildman–Crippen MR) is 84.4 cm³/mol. The minimum atomic E-state index is 0.546. The first-order valence-electron chi connectivity index (χ1n) is 7.10. The summed E-state index contributed by atoms with van der Waals surface area (Å²) in [4.78, 5) is 9.02. The largest absolute Gasteiger partial charge is 0.383 e. The van der Waals surface area contributed by atoms with Crippen molar-refractivity contribution in [3.63, 3.8) is 0 Å². The quantitative estimate of drug-likeness (QED) is 0.906. The van der Waals surface area contributed by atoms with Crippen molar-refractivity contribution < 1.29 is 0 Å². The third-order valence-corrected chi connectivity index (χ3v) is 4.56. The second-order valence-electron chi connectivity index (χ2n) is 5.49. The van der Waals surface area contributed by atoms with E-state index in [2.05, 4.69) is 20.9 Å². The van der Waals surface area contributed by atoms with Gasteiger partial charge in [0.05, 0.1) is 0 Å². The summed E-state index contributed by atoms with van der Waals surface area (Å²) in [7, 11) is 2.02. The Hall–Kier alpha value is -1.36. The van der Waals surface area contributed by atoms with Gasteiger partial charge in [-0.2, -0.15) is 0 Å². The van der Waals surface area contributed by atoms with E-state index < -0.39 is 0 Å². The number of hydrogen-bond acceptors (Lipinski definition) is 3. The lowest BCUT2D eigenvalue weighted by Crippen LogP contribution is -2.11. The van der Waals surface area contributed by atoms with Gasteiger partial charge in [-0.3, -0.25) is 4.98 Å². The first-order chi connectivity index (χ1) is 9.66. The van der Waals surface area contributed by atoms with Crippen LogP contribution in [0.3, 0.4) is 0 Å². The van der Waals surface area contributed by atoms with Gasteiger partial charge in [-0.1, -0.05) is 19.3 Å². The molecule has 0 radical (unpaired) electrons. The Labute approximate surface area is 127 Å². The number of aromatic nitrogens is 3. The monoisotopic (exact) mass is 334 g/mol. The molecule has 0 aromatic carbocycles. The van der Waals surface area contributed by atoms with Gasteiger partial charge in [0.2, 0.25) is 0 Å². The summed E-state index contributed by atoms with van der Waals surface area (Å²) in [5.41, 5.74) is 8.07. The number of anilines is 1. The number of imidazole rings is 1. The highest BCUT2D eigenvalue weighted by Gasteiger charge is 2.23. The Bertz CT molecular complexity index is 614. The molecular formula is C15H19BrN4. The van der Waals surface area contributed by atoms with E-state index in [1.165, 1.54) is 32.1 Å². The summed E-state index contributed by atoms with van der Waals surface area (Å²) < 4.78 is 2.99. The van der Waals surface area contributed by atoms with E-state index >= 15 is 0 Å². The zero-order valence-electron chi connectivity index (χ0n) is 11.6. The topological polar surface area (TPSA) is 56.7 Å². The van der Waals surface area contributed by atoms with Crippen LogP contribution in [0, 0.1) is 0 Å². The summed E-state index contributed by atoms with van der Waals surface area (Å²) in [6.45, 7) is 0. The standard InChI is InChI=1S/C15H19BrN4/c1-20-14(17)13(11-7-12(16)9-18-8-11)19-15(20)10-5-3-2-4-6-10/h7-10H,2-6,17H2,1H3. The van der Waals surface area contributed by atoms with Gasteiger partial charge in [0.15, 0.2) is 0 Å². The number of nitrogens with zero attached hydrogens (tertiary/aromatic N) is 3. The van der Waals surface area contributed by atoms with Crippen LogP contribution in [-0.4, -0.2) is 14.5 Å². The number of halogens is 1. The Morgan fingerprint density at radius 1 is 1.25 bits per heavy atom. The molecule has 0 spiro atoms. The second kappa shape index (κ2) is 5.56. The molecule has 0 bridgehead atoms. The normalized spacial score (nSPS) is 16.5. The average molecular weight is 335 g/mol. The molecule has 2 aromatic heterocycles. The molecule has 1 aliphatic rings. The van der Waals surface area contributed by atoms with Crippen LogP contribution in [-0.2, 0) is 7.05 Å². The molecule has 106 valence electrons. The second-order valence-corrected chi connectivity index (χ2v) is 6.41. The lowest BCUT2D eigenvalue weighted by molar-refractivity contribution is 0.422. The Morgan fingerprint density at radius 2 is 2.00 bits per heavy atom. The summed E-state index contributed by atoms with van der Waals surface area (Å²) in [6.07, 6.45) is 9.97. The fourth-order valence-electron chi connectivity index (χ4n) is 3.01. The van der Waals surface area contributed by atoms with Gasteiger partial charge in [0.25, 0.3) is 0 Å². The van der Waals surface area contributed by atoms with Gasteiger partial charge in [-0.15, -0.1) is 0 Å². The molecule has 2 aromatic rings. The molecule has 5 heteroatoms. The van der Waals surface area contributed by atoms with Crippen LogP contribution in [0.5, 0.6) is 0 Å². The van der Waals surface area contributed by atoms with Crippen LogP contribution in [0.25, 0.3) is 11.3 Å². The zero-order valence-corrected chi connectivity index (χ0v) is 13.2. The molecule has 1 fully saturated rings. The SMILES string of the molecule is Cn1c(C2CCCCC2)nc(-c2cncc(Br)c2)c1N. The summed E-state index contributed by atoms with van der Waals surface area (Å²) >= 11 is 3.45. The predicted octanol–water partition coefficient (Wildman–Crippen LogP) is 3.87. The molecule has 20 heavy (non-hydrogen) atoms. The molecule has 0 unspecified atom stereocenters. The van der Waals surface area contributed by atoms with E-state index in [-0.39, 0.29) is 0 Å². The lowest BCUT2D eigenvalue weighted by Gasteiger charge is -2.21. The molecule has 0 atom stereocenters. The fraction of sp³-hybridized carbons (Fsp3) is 0.467. The summed E-state index contributed by atoms with van der Waals surface area (Å²) in [5.74, 6) is 2.40. The molecule has 1 aliphatic carbocycles. The van der Waals surface area contributed by atoms with Gasteiger partial charge in [0.1, 0.15) is 17.3 Å². The zero-order chi connectivity index (χ0) is 14.1. The molecule has 0 saturated heterocycles. The summed E-state index contributed by atoms with van der Waals surface area (Å²) in [5, 5.41) is 0. The van der Waals surface area contributed by atoms with Gasteiger partial charge in [0, 0.05) is 35.4 Å². The van der Waals surface area contributed by atoms with Crippen molar-refractivity contribution in [2.45, 2.75) is 38.0 Å². The number of nitrogens with two attached hydrogens (primary N) is 1. The molecule has 2 heterocycles. The fourth-order valence-corrected chi connectivity index (χ4v) is 3.37. The molecule has 2 N–H and O–H groups in total. The van der Waals surface area contributed by atoms with Crippen molar-refractivity contribution in [1.82, 2.24) is 14.5 Å². The molecule has 3 rings (SSSR count). The van der Waals surface area contributed by atoms with Crippen LogP contribution in [0.4, 0.5) is 5.82 Å². The van der Waals surface area contributed by atoms with E-state index in [0.29, 0.717) is 5.92 Å². The minimum Gasteiger partial charge on any atom is -0.383 e. The van der Waals surface area contributed by atoms with Crippen molar-refractivity contribution in [1.29, 1.82) is 0 Å². The summed E-state index contributed by atoms with van der Waals surface area (Å²) in [6, 6.07) is 2.01. The van der Waals surface area contributed by atoms with Crippen molar-refractivity contribution in [3.8, 4) is 11.3 Å². The van der Waals surface area contributed by atoms with Gasteiger partial charge in [-0.05, 0) is 34.8 Å². The third-order valence-electron chi connectivity index (χ3n) is 4.12. The Morgan fingerprint density at radius 3 is 2.70 bits per heavy atom. The van der Waals surface area contributed by atoms with E-state index in [4.69, 9.17) is 10.7 Å². The lowest BCUT2D eigenvalue weighted by atomic mass is 9.89. The van der Waals surface area contributed by atoms with E-state index in [0.717, 1.165) is 27.4 Å². The van der Waals surface area contributed by atoms with E-state index in [9.17, 15) is 0 Å². The highest BCUT2D eigenvalue weighted by atomic mass is 79.9. The van der Waals surface area contributed by atoms with Crippen LogP contribution < -0.4 is 5.73 Å². The maximum Gasteiger partial charge on any atom is 0.131 e. The van der Waals surface area contributed by atoms with Crippen molar-refractivity contribution in [2.24, 2.45) is 7.05 Å². The number of rotatable bonds is 2. The first kappa shape index (κ1) is 13.6. The van der Waals surface area contributed by atoms with Crippen molar-refractivity contribution in [2.75, 3.05) is 5.73 Å². The molecule has 4 nitrogen and oxygen atoms in total. The van der Waals surface area contributed by atoms with Gasteiger partial charge in [-0.25, -0.2) is 4.98 Å². The highest BCUT2D eigenvalue weighted by molar-refractivity contribution is 9.10. The van der Waals surface area contributed by atoms with Crippen LogP contribution >= 0.6 is 15.9 Å².